The minimum absolute atomic E-state index is 0.199. The molecule has 4 nitrogen and oxygen atoms in total. The van der Waals surface area contributed by atoms with Gasteiger partial charge in [-0.1, -0.05) is 36.6 Å². The average molecular weight is 471 g/mol. The molecule has 2 aromatic carbocycles. The molecule has 0 aromatic heterocycles. The first-order chi connectivity index (χ1) is 14.6. The monoisotopic (exact) mass is 470 g/mol. The highest BCUT2D eigenvalue weighted by atomic mass is 35.5. The Labute approximate surface area is 189 Å². The summed E-state index contributed by atoms with van der Waals surface area (Å²) in [6, 6.07) is 10.1. The molecule has 0 bridgehead atoms. The van der Waals surface area contributed by atoms with Crippen molar-refractivity contribution in [2.24, 2.45) is 0 Å². The van der Waals surface area contributed by atoms with Crippen LogP contribution in [-0.4, -0.2) is 17.7 Å². The number of benzene rings is 2. The van der Waals surface area contributed by atoms with Gasteiger partial charge in [0.2, 0.25) is 0 Å². The van der Waals surface area contributed by atoms with Crippen molar-refractivity contribution in [3.63, 3.8) is 0 Å². The fraction of sp³-hybridized carbons (Fsp3) is 0.364. The Morgan fingerprint density at radius 3 is 2.55 bits per heavy atom. The molecule has 31 heavy (non-hydrogen) atoms. The normalized spacial score (nSPS) is 15.4. The minimum Gasteiger partial charge on any atom is -0.462 e. The van der Waals surface area contributed by atoms with E-state index in [9.17, 15) is 18.0 Å². The number of ether oxygens (including phenoxy) is 1. The molecule has 9 heteroatoms. The van der Waals surface area contributed by atoms with Gasteiger partial charge in [-0.25, -0.2) is 4.79 Å². The molecule has 0 heterocycles. The van der Waals surface area contributed by atoms with Gasteiger partial charge >= 0.3 is 12.1 Å². The second-order valence-corrected chi connectivity index (χ2v) is 8.18. The second-order valence-electron chi connectivity index (χ2n) is 7.36. The zero-order valence-corrected chi connectivity index (χ0v) is 18.4. The number of carbonyl (C=O) groups is 1. The Morgan fingerprint density at radius 1 is 1.19 bits per heavy atom. The number of halogens is 4. The lowest BCUT2D eigenvalue weighted by atomic mass is 9.87. The number of thiocarbonyl (C=S) groups is 1. The fourth-order valence-electron chi connectivity index (χ4n) is 3.81. The SMILES string of the molecule is CCOC(=O)c1cc(NC(=S)NC2(c3cccc(C(F)(F)F)c3)CCCC2)ccc1Cl. The van der Waals surface area contributed by atoms with Crippen LogP contribution >= 0.6 is 23.8 Å². The van der Waals surface area contributed by atoms with Gasteiger partial charge in [-0.2, -0.15) is 13.2 Å². The highest BCUT2D eigenvalue weighted by Crippen LogP contribution is 2.41. The number of hydrogen-bond acceptors (Lipinski definition) is 3. The molecule has 1 aliphatic rings. The van der Waals surface area contributed by atoms with E-state index in [-0.39, 0.29) is 22.3 Å². The first kappa shape index (κ1) is 23.3. The van der Waals surface area contributed by atoms with Crippen LogP contribution in [0.5, 0.6) is 0 Å². The number of alkyl halides is 3. The van der Waals surface area contributed by atoms with E-state index in [0.717, 1.165) is 18.9 Å². The maximum absolute atomic E-state index is 13.2. The van der Waals surface area contributed by atoms with Crippen molar-refractivity contribution in [1.29, 1.82) is 0 Å². The van der Waals surface area contributed by atoms with Gasteiger partial charge in [-0.15, -0.1) is 0 Å². The van der Waals surface area contributed by atoms with E-state index < -0.39 is 23.2 Å². The third kappa shape index (κ3) is 5.49. The number of hydrogen-bond donors (Lipinski definition) is 2. The van der Waals surface area contributed by atoms with E-state index in [2.05, 4.69) is 10.6 Å². The molecule has 1 aliphatic carbocycles. The molecule has 0 atom stereocenters. The molecule has 2 N–H and O–H groups in total. The summed E-state index contributed by atoms with van der Waals surface area (Å²) in [7, 11) is 0. The summed E-state index contributed by atoms with van der Waals surface area (Å²) in [5.74, 6) is -0.550. The number of esters is 1. The van der Waals surface area contributed by atoms with Gasteiger partial charge < -0.3 is 15.4 Å². The molecular weight excluding hydrogens is 449 g/mol. The maximum atomic E-state index is 13.2. The van der Waals surface area contributed by atoms with E-state index in [4.69, 9.17) is 28.6 Å². The average Bonchev–Trinajstić information content (AvgIpc) is 3.18. The Bertz CT molecular complexity index is 975. The van der Waals surface area contributed by atoms with Gasteiger partial charge in [0.05, 0.1) is 28.3 Å². The van der Waals surface area contributed by atoms with Crippen molar-refractivity contribution < 1.29 is 22.7 Å². The van der Waals surface area contributed by atoms with E-state index in [0.29, 0.717) is 24.1 Å². The van der Waals surface area contributed by atoms with Gasteiger partial charge in [0.25, 0.3) is 0 Å². The predicted octanol–water partition coefficient (Wildman–Crippen LogP) is 6.29. The van der Waals surface area contributed by atoms with Crippen molar-refractivity contribution in [2.75, 3.05) is 11.9 Å². The lowest BCUT2D eigenvalue weighted by Crippen LogP contribution is -2.45. The van der Waals surface area contributed by atoms with E-state index >= 15 is 0 Å². The molecular formula is C22H22ClF3N2O2S. The molecule has 2 aromatic rings. The van der Waals surface area contributed by atoms with Crippen LogP contribution in [0.15, 0.2) is 42.5 Å². The van der Waals surface area contributed by atoms with E-state index in [1.807, 2.05) is 0 Å². The minimum atomic E-state index is -4.42. The van der Waals surface area contributed by atoms with Crippen molar-refractivity contribution >= 4 is 40.6 Å². The smallest absolute Gasteiger partial charge is 0.416 e. The zero-order chi connectivity index (χ0) is 22.6. The summed E-state index contributed by atoms with van der Waals surface area (Å²) in [4.78, 5) is 12.1. The Morgan fingerprint density at radius 2 is 1.90 bits per heavy atom. The van der Waals surface area contributed by atoms with Gasteiger partial charge in [0.1, 0.15) is 0 Å². The van der Waals surface area contributed by atoms with Crippen molar-refractivity contribution in [3.8, 4) is 0 Å². The topological polar surface area (TPSA) is 50.4 Å². The Kier molecular flexibility index (Phi) is 7.11. The van der Waals surface area contributed by atoms with Crippen LogP contribution in [0.3, 0.4) is 0 Å². The first-order valence-electron chi connectivity index (χ1n) is 9.88. The molecule has 1 fully saturated rings. The van der Waals surface area contributed by atoms with Gasteiger partial charge in [-0.05, 0) is 67.9 Å². The highest BCUT2D eigenvalue weighted by molar-refractivity contribution is 7.80. The van der Waals surface area contributed by atoms with Gasteiger partial charge in [0.15, 0.2) is 5.11 Å². The third-order valence-electron chi connectivity index (χ3n) is 5.27. The van der Waals surface area contributed by atoms with Crippen LogP contribution in [0.4, 0.5) is 18.9 Å². The first-order valence-corrected chi connectivity index (χ1v) is 10.7. The quantitative estimate of drug-likeness (QED) is 0.397. The number of anilines is 1. The highest BCUT2D eigenvalue weighted by Gasteiger charge is 2.38. The van der Waals surface area contributed by atoms with Crippen LogP contribution in [0.1, 0.15) is 54.1 Å². The molecule has 0 amide bonds. The Hall–Kier alpha value is -2.32. The summed E-state index contributed by atoms with van der Waals surface area (Å²) in [5, 5.41) is 6.73. The largest absolute Gasteiger partial charge is 0.462 e. The van der Waals surface area contributed by atoms with Crippen molar-refractivity contribution in [1.82, 2.24) is 5.32 Å². The molecule has 0 radical (unpaired) electrons. The van der Waals surface area contributed by atoms with Crippen LogP contribution in [-0.2, 0) is 16.5 Å². The molecule has 166 valence electrons. The van der Waals surface area contributed by atoms with Crippen molar-refractivity contribution in [3.05, 3.63) is 64.2 Å². The maximum Gasteiger partial charge on any atom is 0.416 e. The number of nitrogens with one attached hydrogen (secondary N) is 2. The molecule has 1 saturated carbocycles. The molecule has 0 aliphatic heterocycles. The lowest BCUT2D eigenvalue weighted by Gasteiger charge is -2.33. The molecule has 0 saturated heterocycles. The molecule has 0 spiro atoms. The fourth-order valence-corrected chi connectivity index (χ4v) is 4.31. The lowest BCUT2D eigenvalue weighted by molar-refractivity contribution is -0.137. The third-order valence-corrected chi connectivity index (χ3v) is 5.81. The zero-order valence-electron chi connectivity index (χ0n) is 16.8. The summed E-state index contributed by atoms with van der Waals surface area (Å²) >= 11 is 11.5. The van der Waals surface area contributed by atoms with Gasteiger partial charge in [-0.3, -0.25) is 0 Å². The van der Waals surface area contributed by atoms with Gasteiger partial charge in [0, 0.05) is 5.69 Å². The second kappa shape index (κ2) is 9.44. The van der Waals surface area contributed by atoms with E-state index in [1.54, 1.807) is 25.1 Å². The molecule has 0 unspecified atom stereocenters. The van der Waals surface area contributed by atoms with E-state index in [1.165, 1.54) is 18.2 Å². The predicted molar refractivity (Wildman–Crippen MR) is 118 cm³/mol. The van der Waals surface area contributed by atoms with Crippen LogP contribution in [0.2, 0.25) is 5.02 Å². The number of carbonyl (C=O) groups excluding carboxylic acids is 1. The molecule has 3 rings (SSSR count). The Balaban J connectivity index is 1.81. The standard InChI is InChI=1S/C22H22ClF3N2O2S/c1-2-30-19(29)17-13-16(8-9-18(17)23)27-20(31)28-21(10-3-4-11-21)14-6-5-7-15(12-14)22(24,25)26/h5-9,12-13H,2-4,10-11H2,1H3,(H2,27,28,31). The summed E-state index contributed by atoms with van der Waals surface area (Å²) in [6.45, 7) is 1.91. The summed E-state index contributed by atoms with van der Waals surface area (Å²) in [5.41, 5.74) is -0.116. The van der Waals surface area contributed by atoms with Crippen molar-refractivity contribution in [2.45, 2.75) is 44.3 Å². The summed E-state index contributed by atoms with van der Waals surface area (Å²) < 4.78 is 44.6. The summed E-state index contributed by atoms with van der Waals surface area (Å²) in [6.07, 6.45) is -1.35. The number of rotatable bonds is 5. The van der Waals surface area contributed by atoms with Crippen LogP contribution in [0, 0.1) is 0 Å². The van der Waals surface area contributed by atoms with Crippen LogP contribution in [0.25, 0.3) is 0 Å². The van der Waals surface area contributed by atoms with Crippen LogP contribution < -0.4 is 10.6 Å².